The van der Waals surface area contributed by atoms with E-state index in [1.54, 1.807) is 11.3 Å². The molecule has 22 heavy (non-hydrogen) atoms. The quantitative estimate of drug-likeness (QED) is 0.861. The molecule has 0 saturated heterocycles. The molecule has 1 aromatic heterocycles. The van der Waals surface area contributed by atoms with Crippen molar-refractivity contribution in [3.05, 3.63) is 58.3 Å². The van der Waals surface area contributed by atoms with Crippen LogP contribution in [-0.2, 0) is 16.0 Å². The molecule has 0 bridgehead atoms. The first-order valence-corrected chi connectivity index (χ1v) is 8.13. The molecule has 2 aromatic rings. The van der Waals surface area contributed by atoms with Crippen molar-refractivity contribution >= 4 is 23.2 Å². The highest BCUT2D eigenvalue weighted by Crippen LogP contribution is 2.39. The number of benzene rings is 1. The number of thiophene rings is 1. The molecule has 3 atom stereocenters. The van der Waals surface area contributed by atoms with Crippen LogP contribution in [0.1, 0.15) is 22.9 Å². The maximum atomic E-state index is 12.2. The fraction of sp³-hybridized carbons (Fsp3) is 0.294. The molecule has 1 saturated carbocycles. The summed E-state index contributed by atoms with van der Waals surface area (Å²) >= 11 is 1.60. The largest absolute Gasteiger partial charge is 0.481 e. The number of amides is 1. The minimum Gasteiger partial charge on any atom is -0.481 e. The summed E-state index contributed by atoms with van der Waals surface area (Å²) in [6.45, 7) is 0. The molecule has 1 amide bonds. The van der Waals surface area contributed by atoms with Crippen molar-refractivity contribution in [2.75, 3.05) is 0 Å². The first kappa shape index (κ1) is 14.8. The van der Waals surface area contributed by atoms with Crippen molar-refractivity contribution in [3.8, 4) is 0 Å². The average Bonchev–Trinajstić information content (AvgIpc) is 3.15. The minimum absolute atomic E-state index is 0.107. The van der Waals surface area contributed by atoms with E-state index in [9.17, 15) is 9.59 Å². The van der Waals surface area contributed by atoms with Crippen LogP contribution in [0.15, 0.2) is 47.8 Å². The Balaban J connectivity index is 1.70. The highest BCUT2D eigenvalue weighted by molar-refractivity contribution is 7.10. The Hall–Kier alpha value is -2.14. The van der Waals surface area contributed by atoms with Gasteiger partial charge in [-0.15, -0.1) is 11.3 Å². The highest BCUT2D eigenvalue weighted by atomic mass is 32.1. The zero-order valence-corrected chi connectivity index (χ0v) is 12.8. The first-order valence-electron chi connectivity index (χ1n) is 7.25. The standard InChI is InChI=1S/C17H17NO3S/c19-16(12-10-13(12)17(20)21)18-14(15-7-4-8-22-15)9-11-5-2-1-3-6-11/h1-8,12-14H,9-10H2,(H,18,19)(H,20,21)/t12-,13-,14-/m1/s1. The van der Waals surface area contributed by atoms with Crippen molar-refractivity contribution in [1.29, 1.82) is 0 Å². The first-order chi connectivity index (χ1) is 10.6. The van der Waals surface area contributed by atoms with E-state index in [1.165, 1.54) is 0 Å². The second kappa shape index (κ2) is 6.32. The lowest BCUT2D eigenvalue weighted by Gasteiger charge is -2.18. The van der Waals surface area contributed by atoms with Crippen LogP contribution in [0, 0.1) is 11.8 Å². The number of nitrogens with one attached hydrogen (secondary N) is 1. The summed E-state index contributed by atoms with van der Waals surface area (Å²) in [6, 6.07) is 13.8. The number of hydrogen-bond acceptors (Lipinski definition) is 3. The summed E-state index contributed by atoms with van der Waals surface area (Å²) in [7, 11) is 0. The van der Waals surface area contributed by atoms with Gasteiger partial charge in [0.05, 0.1) is 17.9 Å². The Morgan fingerprint density at radius 3 is 2.55 bits per heavy atom. The zero-order valence-electron chi connectivity index (χ0n) is 11.9. The molecule has 2 N–H and O–H groups in total. The number of hydrogen-bond donors (Lipinski definition) is 2. The molecule has 114 valence electrons. The summed E-state index contributed by atoms with van der Waals surface area (Å²) in [6.07, 6.45) is 1.15. The molecule has 1 aromatic carbocycles. The van der Waals surface area contributed by atoms with Crippen molar-refractivity contribution in [2.24, 2.45) is 11.8 Å². The van der Waals surface area contributed by atoms with Crippen molar-refractivity contribution in [2.45, 2.75) is 18.9 Å². The van der Waals surface area contributed by atoms with Gasteiger partial charge in [0.2, 0.25) is 5.91 Å². The number of carbonyl (C=O) groups is 2. The molecular formula is C17H17NO3S. The Labute approximate surface area is 132 Å². The van der Waals surface area contributed by atoms with E-state index in [4.69, 9.17) is 5.11 Å². The van der Waals surface area contributed by atoms with Crippen LogP contribution in [-0.4, -0.2) is 17.0 Å². The fourth-order valence-electron chi connectivity index (χ4n) is 2.60. The molecule has 1 heterocycles. The molecule has 0 radical (unpaired) electrons. The van der Waals surface area contributed by atoms with Crippen molar-refractivity contribution in [1.82, 2.24) is 5.32 Å². The van der Waals surface area contributed by atoms with E-state index in [-0.39, 0.29) is 17.9 Å². The van der Waals surface area contributed by atoms with Crippen molar-refractivity contribution < 1.29 is 14.7 Å². The Kier molecular flexibility index (Phi) is 4.24. The molecule has 3 rings (SSSR count). The zero-order chi connectivity index (χ0) is 15.5. The second-order valence-electron chi connectivity index (χ2n) is 5.55. The molecule has 1 aliphatic rings. The molecule has 1 aliphatic carbocycles. The molecule has 1 fully saturated rings. The van der Waals surface area contributed by atoms with Crippen LogP contribution in [0.2, 0.25) is 0 Å². The number of carboxylic acids is 1. The van der Waals surface area contributed by atoms with Gasteiger partial charge in [0.1, 0.15) is 0 Å². The SMILES string of the molecule is O=C(O)[C@@H]1C[C@H]1C(=O)N[C@H](Cc1ccccc1)c1cccs1. The predicted octanol–water partition coefficient (Wildman–Crippen LogP) is 2.87. The van der Waals surface area contributed by atoms with Gasteiger partial charge in [-0.3, -0.25) is 9.59 Å². The van der Waals surface area contributed by atoms with E-state index in [1.807, 2.05) is 47.8 Å². The average molecular weight is 315 g/mol. The lowest BCUT2D eigenvalue weighted by molar-refractivity contribution is -0.140. The summed E-state index contributed by atoms with van der Waals surface area (Å²) in [5.41, 5.74) is 1.15. The van der Waals surface area contributed by atoms with Gasteiger partial charge >= 0.3 is 5.97 Å². The monoisotopic (exact) mass is 315 g/mol. The van der Waals surface area contributed by atoms with E-state index < -0.39 is 11.9 Å². The number of carbonyl (C=O) groups excluding carboxylic acids is 1. The van der Waals surface area contributed by atoms with Crippen LogP contribution in [0.25, 0.3) is 0 Å². The third-order valence-electron chi connectivity index (χ3n) is 3.93. The van der Waals surface area contributed by atoms with Gasteiger partial charge in [-0.1, -0.05) is 36.4 Å². The van der Waals surface area contributed by atoms with Gasteiger partial charge in [-0.2, -0.15) is 0 Å². The topological polar surface area (TPSA) is 66.4 Å². The van der Waals surface area contributed by atoms with E-state index in [0.29, 0.717) is 12.8 Å². The van der Waals surface area contributed by atoms with Gasteiger partial charge in [0, 0.05) is 4.88 Å². The predicted molar refractivity (Wildman–Crippen MR) is 84.6 cm³/mol. The third kappa shape index (κ3) is 3.36. The summed E-state index contributed by atoms with van der Waals surface area (Å²) in [4.78, 5) is 24.2. The second-order valence-corrected chi connectivity index (χ2v) is 6.53. The van der Waals surface area contributed by atoms with Gasteiger partial charge in [-0.05, 0) is 29.9 Å². The summed E-state index contributed by atoms with van der Waals surface area (Å²) in [5.74, 6) is -1.92. The number of rotatable bonds is 6. The molecule has 0 spiro atoms. The maximum absolute atomic E-state index is 12.2. The molecule has 0 aliphatic heterocycles. The fourth-order valence-corrected chi connectivity index (χ4v) is 3.38. The Morgan fingerprint density at radius 1 is 1.18 bits per heavy atom. The maximum Gasteiger partial charge on any atom is 0.307 e. The summed E-state index contributed by atoms with van der Waals surface area (Å²) < 4.78 is 0. The van der Waals surface area contributed by atoms with Gasteiger partial charge in [0.25, 0.3) is 0 Å². The smallest absolute Gasteiger partial charge is 0.307 e. The van der Waals surface area contributed by atoms with Gasteiger partial charge in [0.15, 0.2) is 0 Å². The third-order valence-corrected chi connectivity index (χ3v) is 4.92. The van der Waals surface area contributed by atoms with Crippen LogP contribution in [0.5, 0.6) is 0 Å². The van der Waals surface area contributed by atoms with Crippen LogP contribution >= 0.6 is 11.3 Å². The van der Waals surface area contributed by atoms with Crippen LogP contribution in [0.3, 0.4) is 0 Å². The number of carboxylic acid groups (broad SMARTS) is 1. The van der Waals surface area contributed by atoms with Crippen LogP contribution < -0.4 is 5.32 Å². The van der Waals surface area contributed by atoms with Gasteiger partial charge < -0.3 is 10.4 Å². The minimum atomic E-state index is -0.879. The summed E-state index contributed by atoms with van der Waals surface area (Å²) in [5, 5.41) is 14.0. The van der Waals surface area contributed by atoms with Crippen LogP contribution in [0.4, 0.5) is 0 Å². The van der Waals surface area contributed by atoms with E-state index in [2.05, 4.69) is 5.32 Å². The molecule has 4 nitrogen and oxygen atoms in total. The number of aliphatic carboxylic acids is 1. The van der Waals surface area contributed by atoms with Gasteiger partial charge in [-0.25, -0.2) is 0 Å². The lowest BCUT2D eigenvalue weighted by atomic mass is 10.0. The normalized spacial score (nSPS) is 21.1. The van der Waals surface area contributed by atoms with E-state index >= 15 is 0 Å². The Morgan fingerprint density at radius 2 is 1.95 bits per heavy atom. The molecule has 0 unspecified atom stereocenters. The Bertz CT molecular complexity index is 654. The molecule has 5 heteroatoms. The van der Waals surface area contributed by atoms with Crippen molar-refractivity contribution in [3.63, 3.8) is 0 Å². The molecular weight excluding hydrogens is 298 g/mol. The lowest BCUT2D eigenvalue weighted by Crippen LogP contribution is -2.31. The van der Waals surface area contributed by atoms with E-state index in [0.717, 1.165) is 10.4 Å². The highest BCUT2D eigenvalue weighted by Gasteiger charge is 2.48.